The van der Waals surface area contributed by atoms with Gasteiger partial charge < -0.3 is 5.32 Å². The van der Waals surface area contributed by atoms with Crippen LogP contribution in [0.5, 0.6) is 0 Å². The van der Waals surface area contributed by atoms with Crippen LogP contribution in [0.2, 0.25) is 0 Å². The summed E-state index contributed by atoms with van der Waals surface area (Å²) in [6.45, 7) is 2.32. The maximum atomic E-state index is 12.3. The molecule has 27 heavy (non-hydrogen) atoms. The molecular weight excluding hydrogens is 366 g/mol. The zero-order chi connectivity index (χ0) is 19.3. The Morgan fingerprint density at radius 3 is 2.59 bits per heavy atom. The quantitative estimate of drug-likeness (QED) is 0.588. The second-order valence-electron chi connectivity index (χ2n) is 5.61. The van der Waals surface area contributed by atoms with E-state index in [1.807, 2.05) is 19.1 Å². The van der Waals surface area contributed by atoms with E-state index < -0.39 is 10.0 Å². The first-order chi connectivity index (χ1) is 13.0. The molecule has 3 aromatic rings. The molecule has 2 heterocycles. The highest BCUT2D eigenvalue weighted by Gasteiger charge is 2.17. The van der Waals surface area contributed by atoms with Crippen molar-refractivity contribution in [3.05, 3.63) is 59.9 Å². The average Bonchev–Trinajstić information content (AvgIpc) is 3.12. The van der Waals surface area contributed by atoms with Gasteiger partial charge in [-0.25, -0.2) is 17.8 Å². The van der Waals surface area contributed by atoms with Gasteiger partial charge in [-0.2, -0.15) is 10.4 Å². The fraction of sp³-hybridized carbons (Fsp3) is 0.176. The van der Waals surface area contributed by atoms with Crippen molar-refractivity contribution in [1.29, 1.82) is 5.26 Å². The van der Waals surface area contributed by atoms with Crippen LogP contribution >= 0.6 is 0 Å². The van der Waals surface area contributed by atoms with E-state index in [-0.39, 0.29) is 17.0 Å². The van der Waals surface area contributed by atoms with Crippen molar-refractivity contribution in [1.82, 2.24) is 24.7 Å². The van der Waals surface area contributed by atoms with E-state index in [1.165, 1.54) is 12.1 Å². The summed E-state index contributed by atoms with van der Waals surface area (Å²) >= 11 is 0. The Balaban J connectivity index is 1.55. The normalized spacial score (nSPS) is 11.1. The Morgan fingerprint density at radius 1 is 1.11 bits per heavy atom. The first-order valence-electron chi connectivity index (χ1n) is 8.08. The van der Waals surface area contributed by atoms with Crippen LogP contribution in [0, 0.1) is 18.3 Å². The van der Waals surface area contributed by atoms with Gasteiger partial charge in [-0.1, -0.05) is 12.1 Å². The zero-order valence-corrected chi connectivity index (χ0v) is 15.3. The minimum atomic E-state index is -3.76. The number of aryl methyl sites for hydroxylation is 1. The third kappa shape index (κ3) is 4.46. The molecule has 0 aliphatic heterocycles. The van der Waals surface area contributed by atoms with Gasteiger partial charge in [-0.15, -0.1) is 10.2 Å². The fourth-order valence-electron chi connectivity index (χ4n) is 2.33. The van der Waals surface area contributed by atoms with Crippen molar-refractivity contribution in [3.63, 3.8) is 0 Å². The monoisotopic (exact) mass is 383 g/mol. The molecule has 0 aliphatic carbocycles. The van der Waals surface area contributed by atoms with E-state index in [4.69, 9.17) is 5.26 Å². The molecule has 9 nitrogen and oxygen atoms in total. The van der Waals surface area contributed by atoms with Crippen molar-refractivity contribution in [2.75, 3.05) is 18.4 Å². The van der Waals surface area contributed by atoms with E-state index in [2.05, 4.69) is 25.3 Å². The van der Waals surface area contributed by atoms with Gasteiger partial charge >= 0.3 is 0 Å². The van der Waals surface area contributed by atoms with E-state index in [1.54, 1.807) is 35.1 Å². The number of nitrogens with zero attached hydrogens (tertiary/aromatic N) is 5. The Hall–Kier alpha value is -3.29. The van der Waals surface area contributed by atoms with Crippen LogP contribution in [0.1, 0.15) is 11.3 Å². The lowest BCUT2D eigenvalue weighted by Gasteiger charge is -2.09. The molecule has 0 saturated carbocycles. The number of hydrogen-bond donors (Lipinski definition) is 2. The van der Waals surface area contributed by atoms with Crippen LogP contribution in [0.3, 0.4) is 0 Å². The zero-order valence-electron chi connectivity index (χ0n) is 14.5. The van der Waals surface area contributed by atoms with Gasteiger partial charge in [0, 0.05) is 19.3 Å². The van der Waals surface area contributed by atoms with Crippen LogP contribution in [0.4, 0.5) is 5.82 Å². The number of aromatic nitrogens is 4. The Morgan fingerprint density at radius 2 is 1.93 bits per heavy atom. The molecule has 3 rings (SSSR count). The number of nitrogens with one attached hydrogen (secondary N) is 2. The molecule has 10 heteroatoms. The minimum Gasteiger partial charge on any atom is -0.367 e. The largest absolute Gasteiger partial charge is 0.367 e. The standard InChI is InChI=1S/C17H17N7O2S/c1-13-8-11-24(23-13)17-7-6-16(21-22-17)19-9-10-20-27(25,26)15-5-3-2-4-14(15)12-18/h2-8,11,20H,9-10H2,1H3,(H,19,21). The smallest absolute Gasteiger partial charge is 0.241 e. The molecule has 0 unspecified atom stereocenters. The van der Waals surface area contributed by atoms with Gasteiger partial charge in [0.05, 0.1) is 16.2 Å². The minimum absolute atomic E-state index is 0.0360. The predicted molar refractivity (Wildman–Crippen MR) is 98.7 cm³/mol. The molecule has 0 spiro atoms. The summed E-state index contributed by atoms with van der Waals surface area (Å²) in [4.78, 5) is -0.0360. The highest BCUT2D eigenvalue weighted by molar-refractivity contribution is 7.89. The summed E-state index contributed by atoms with van der Waals surface area (Å²) in [7, 11) is -3.76. The summed E-state index contributed by atoms with van der Waals surface area (Å²) in [5, 5.41) is 24.4. The van der Waals surface area contributed by atoms with Gasteiger partial charge in [-0.3, -0.25) is 0 Å². The summed E-state index contributed by atoms with van der Waals surface area (Å²) in [6.07, 6.45) is 1.79. The van der Waals surface area contributed by atoms with Gasteiger partial charge in [-0.05, 0) is 37.3 Å². The van der Waals surface area contributed by atoms with E-state index >= 15 is 0 Å². The molecule has 0 saturated heterocycles. The number of nitriles is 1. The average molecular weight is 383 g/mol. The van der Waals surface area contributed by atoms with Gasteiger partial charge in [0.2, 0.25) is 10.0 Å². The van der Waals surface area contributed by atoms with E-state index in [0.29, 0.717) is 18.2 Å². The number of anilines is 1. The molecule has 2 aromatic heterocycles. The van der Waals surface area contributed by atoms with Crippen molar-refractivity contribution < 1.29 is 8.42 Å². The van der Waals surface area contributed by atoms with Crippen LogP contribution < -0.4 is 10.0 Å². The van der Waals surface area contributed by atoms with E-state index in [9.17, 15) is 8.42 Å². The van der Waals surface area contributed by atoms with Crippen LogP contribution in [0.15, 0.2) is 53.6 Å². The molecule has 0 radical (unpaired) electrons. The van der Waals surface area contributed by atoms with Crippen molar-refractivity contribution in [2.45, 2.75) is 11.8 Å². The highest BCUT2D eigenvalue weighted by atomic mass is 32.2. The summed E-state index contributed by atoms with van der Waals surface area (Å²) in [5.41, 5.74) is 0.984. The molecule has 2 N–H and O–H groups in total. The summed E-state index contributed by atoms with van der Waals surface area (Å²) < 4.78 is 28.7. The third-order valence-corrected chi connectivity index (χ3v) is 5.15. The first kappa shape index (κ1) is 18.5. The molecule has 0 amide bonds. The van der Waals surface area contributed by atoms with E-state index in [0.717, 1.165) is 5.69 Å². The van der Waals surface area contributed by atoms with Gasteiger partial charge in [0.1, 0.15) is 11.9 Å². The molecule has 0 bridgehead atoms. The van der Waals surface area contributed by atoms with Crippen molar-refractivity contribution in [2.24, 2.45) is 0 Å². The lowest BCUT2D eigenvalue weighted by Crippen LogP contribution is -2.29. The van der Waals surface area contributed by atoms with Crippen molar-refractivity contribution >= 4 is 15.8 Å². The van der Waals surface area contributed by atoms with Gasteiger partial charge in [0.25, 0.3) is 0 Å². The number of benzene rings is 1. The Kier molecular flexibility index (Phi) is 5.44. The first-order valence-corrected chi connectivity index (χ1v) is 9.57. The Bertz CT molecular complexity index is 1070. The lowest BCUT2D eigenvalue weighted by molar-refractivity contribution is 0.582. The van der Waals surface area contributed by atoms with Crippen LogP contribution in [-0.2, 0) is 10.0 Å². The molecule has 0 fully saturated rings. The number of rotatable bonds is 7. The molecule has 1 aromatic carbocycles. The van der Waals surface area contributed by atoms with Crippen LogP contribution in [0.25, 0.3) is 5.82 Å². The molecule has 0 atom stereocenters. The van der Waals surface area contributed by atoms with Gasteiger partial charge in [0.15, 0.2) is 5.82 Å². The second kappa shape index (κ2) is 7.94. The maximum Gasteiger partial charge on any atom is 0.241 e. The number of hydrogen-bond acceptors (Lipinski definition) is 7. The second-order valence-corrected chi connectivity index (χ2v) is 7.35. The maximum absolute atomic E-state index is 12.3. The number of sulfonamides is 1. The fourth-order valence-corrected chi connectivity index (χ4v) is 3.52. The topological polar surface area (TPSA) is 126 Å². The highest BCUT2D eigenvalue weighted by Crippen LogP contribution is 2.13. The predicted octanol–water partition coefficient (Wildman–Crippen LogP) is 1.23. The lowest BCUT2D eigenvalue weighted by atomic mass is 10.2. The Labute approximate surface area is 156 Å². The molecular formula is C17H17N7O2S. The SMILES string of the molecule is Cc1ccn(-c2ccc(NCCNS(=O)(=O)c3ccccc3C#N)nn2)n1. The summed E-state index contributed by atoms with van der Waals surface area (Å²) in [6, 6.07) is 13.3. The summed E-state index contributed by atoms with van der Waals surface area (Å²) in [5.74, 6) is 1.10. The molecule has 0 aliphatic rings. The van der Waals surface area contributed by atoms with Crippen LogP contribution in [-0.4, -0.2) is 41.5 Å². The molecule has 138 valence electrons. The van der Waals surface area contributed by atoms with Crippen molar-refractivity contribution in [3.8, 4) is 11.9 Å². The third-order valence-electron chi connectivity index (χ3n) is 3.63.